The van der Waals surface area contributed by atoms with Gasteiger partial charge in [-0.25, -0.2) is 4.79 Å². The van der Waals surface area contributed by atoms with Crippen LogP contribution in [0.2, 0.25) is 0 Å². The Morgan fingerprint density at radius 2 is 1.83 bits per heavy atom. The van der Waals surface area contributed by atoms with Crippen molar-refractivity contribution in [1.82, 2.24) is 0 Å². The van der Waals surface area contributed by atoms with E-state index in [2.05, 4.69) is 43.6 Å². The number of carboxylic acids is 1. The molecule has 41 heavy (non-hydrogen) atoms. The lowest BCUT2D eigenvalue weighted by Crippen LogP contribution is -2.65. The maximum absolute atomic E-state index is 13.0. The van der Waals surface area contributed by atoms with Crippen molar-refractivity contribution >= 4 is 33.7 Å². The lowest BCUT2D eigenvalue weighted by atomic mass is 9.36. The molecule has 0 aliphatic heterocycles. The van der Waals surface area contributed by atoms with Gasteiger partial charge in [-0.05, 0) is 127 Å². The molecule has 0 spiro atoms. The largest absolute Gasteiger partial charge is 0.478 e. The minimum Gasteiger partial charge on any atom is -0.478 e. The van der Waals surface area contributed by atoms with Crippen LogP contribution in [0.3, 0.4) is 0 Å². The molecule has 1 aromatic heterocycles. The van der Waals surface area contributed by atoms with Crippen LogP contribution < -0.4 is 0 Å². The van der Waals surface area contributed by atoms with Gasteiger partial charge in [0.2, 0.25) is 0 Å². The zero-order chi connectivity index (χ0) is 29.9. The lowest BCUT2D eigenvalue weighted by molar-refractivity contribution is -0.233. The Morgan fingerprint density at radius 1 is 1.10 bits per heavy atom. The lowest BCUT2D eigenvalue weighted by Gasteiger charge is -2.69. The molecule has 5 rings (SSSR count). The van der Waals surface area contributed by atoms with Crippen molar-refractivity contribution in [3.63, 3.8) is 0 Å². The molecule has 4 aliphatic carbocycles. The van der Waals surface area contributed by atoms with Gasteiger partial charge in [0.15, 0.2) is 0 Å². The Kier molecular flexibility index (Phi) is 8.80. The minimum absolute atomic E-state index is 0.0242. The monoisotopic (exact) mass is 648 g/mol. The van der Waals surface area contributed by atoms with Gasteiger partial charge < -0.3 is 19.7 Å². The number of aliphatic hydroxyl groups excluding tert-OH is 2. The van der Waals surface area contributed by atoms with Crippen molar-refractivity contribution in [3.8, 4) is 0 Å². The highest BCUT2D eigenvalue weighted by Gasteiger charge is 2.70. The molecule has 5 nitrogen and oxygen atoms in total. The summed E-state index contributed by atoms with van der Waals surface area (Å²) in [6, 6.07) is 3.90. The average Bonchev–Trinajstić information content (AvgIpc) is 3.52. The number of aliphatic carboxylic acids is 1. The van der Waals surface area contributed by atoms with Crippen LogP contribution in [0.5, 0.6) is 0 Å². The summed E-state index contributed by atoms with van der Waals surface area (Å²) >= 11 is 5.49. The topological polar surface area (TPSA) is 90.9 Å². The number of halogens is 1. The standard InChI is InChI=1S/C34H49BrO5S/c1-19(2)25(35)10-9-22(31(38)39)29-24-16-27(37)30-32(4)13-12-26(36)20(3)23(32)11-14-33(30,5)34(24,6)17-28(29)41-18-21-8-7-15-40-21/h7-8,15,20,23-24,26-28,30,36-37H,9-14,16-18H2,1-6H3,(H,38,39)/b29-22-/t20-,23?,24?,26+,27+,28-,30-,32-,33-,34-/m0/s1. The molecule has 0 amide bonds. The van der Waals surface area contributed by atoms with Crippen LogP contribution in [0.4, 0.5) is 0 Å². The van der Waals surface area contributed by atoms with Crippen LogP contribution >= 0.6 is 27.7 Å². The zero-order valence-electron chi connectivity index (χ0n) is 25.6. The van der Waals surface area contributed by atoms with E-state index >= 15 is 0 Å². The van der Waals surface area contributed by atoms with Crippen molar-refractivity contribution in [2.24, 2.45) is 39.9 Å². The molecule has 4 saturated carbocycles. The number of carbonyl (C=O) groups is 1. The second kappa shape index (κ2) is 11.5. The second-order valence-corrected chi connectivity index (χ2v) is 16.7. The molecule has 2 unspecified atom stereocenters. The summed E-state index contributed by atoms with van der Waals surface area (Å²) < 4.78 is 6.74. The predicted octanol–water partition coefficient (Wildman–Crippen LogP) is 8.35. The SMILES string of the molecule is CC(C)=C(Br)CC/C(C(=O)O)=C1\C2C[C@@H](O)[C@H]3[C@@]4(C)CC[C@@H](O)[C@@H](C)C4CC[C@]3(C)[C@@]2(C)C[C@@H]1SCc1ccco1. The van der Waals surface area contributed by atoms with Crippen LogP contribution in [-0.2, 0) is 10.5 Å². The highest BCUT2D eigenvalue weighted by molar-refractivity contribution is 9.11. The number of thioether (sulfide) groups is 1. The van der Waals surface area contributed by atoms with Gasteiger partial charge in [-0.2, -0.15) is 0 Å². The first-order valence-electron chi connectivity index (χ1n) is 15.5. The van der Waals surface area contributed by atoms with Crippen LogP contribution in [0.25, 0.3) is 0 Å². The summed E-state index contributed by atoms with van der Waals surface area (Å²) in [5.41, 5.74) is 2.47. The molecule has 1 heterocycles. The van der Waals surface area contributed by atoms with Gasteiger partial charge in [0.25, 0.3) is 0 Å². The highest BCUT2D eigenvalue weighted by atomic mass is 79.9. The maximum atomic E-state index is 13.0. The molecule has 1 aromatic rings. The van der Waals surface area contributed by atoms with Gasteiger partial charge in [0.1, 0.15) is 5.76 Å². The Morgan fingerprint density at radius 3 is 2.46 bits per heavy atom. The van der Waals surface area contributed by atoms with Gasteiger partial charge in [-0.15, -0.1) is 11.8 Å². The fourth-order valence-corrected chi connectivity index (χ4v) is 11.9. The molecule has 4 fully saturated rings. The molecule has 0 bridgehead atoms. The van der Waals surface area contributed by atoms with Crippen LogP contribution in [-0.4, -0.2) is 38.7 Å². The molecule has 0 saturated heterocycles. The van der Waals surface area contributed by atoms with E-state index in [4.69, 9.17) is 4.42 Å². The van der Waals surface area contributed by atoms with E-state index in [9.17, 15) is 20.1 Å². The van der Waals surface area contributed by atoms with Crippen molar-refractivity contribution in [3.05, 3.63) is 45.4 Å². The first-order valence-corrected chi connectivity index (χ1v) is 17.4. The Balaban J connectivity index is 1.58. The van der Waals surface area contributed by atoms with Crippen molar-refractivity contribution < 1.29 is 24.5 Å². The second-order valence-electron chi connectivity index (χ2n) is 14.5. The Bertz CT molecular complexity index is 1200. The Labute approximate surface area is 258 Å². The van der Waals surface area contributed by atoms with E-state index < -0.39 is 12.1 Å². The van der Waals surface area contributed by atoms with Crippen molar-refractivity contribution in [2.75, 3.05) is 0 Å². The molecular formula is C34H49BrO5S. The number of furan rings is 1. The minimum atomic E-state index is -0.825. The maximum Gasteiger partial charge on any atom is 0.331 e. The first-order chi connectivity index (χ1) is 19.2. The Hall–Kier alpha value is -1.02. The summed E-state index contributed by atoms with van der Waals surface area (Å²) in [4.78, 5) is 13.0. The number of aliphatic hydroxyl groups is 2. The highest BCUT2D eigenvalue weighted by Crippen LogP contribution is 2.75. The molecular weight excluding hydrogens is 600 g/mol. The van der Waals surface area contributed by atoms with E-state index in [0.717, 1.165) is 47.9 Å². The zero-order valence-corrected chi connectivity index (χ0v) is 28.0. The molecule has 10 atom stereocenters. The van der Waals surface area contributed by atoms with E-state index in [1.54, 1.807) is 6.26 Å². The summed E-state index contributed by atoms with van der Waals surface area (Å²) in [6.07, 6.45) is 7.42. The number of carboxylic acid groups (broad SMARTS) is 1. The molecule has 4 aliphatic rings. The summed E-state index contributed by atoms with van der Waals surface area (Å²) in [5, 5.41) is 33.6. The smallest absolute Gasteiger partial charge is 0.331 e. The van der Waals surface area contributed by atoms with Gasteiger partial charge in [-0.3, -0.25) is 0 Å². The average molecular weight is 650 g/mol. The summed E-state index contributed by atoms with van der Waals surface area (Å²) in [7, 11) is 0. The van der Waals surface area contributed by atoms with E-state index in [1.165, 1.54) is 5.57 Å². The van der Waals surface area contributed by atoms with E-state index in [1.807, 2.05) is 37.7 Å². The molecule has 0 aromatic carbocycles. The third kappa shape index (κ3) is 5.13. The number of rotatable bonds is 7. The third-order valence-electron chi connectivity index (χ3n) is 12.5. The third-order valence-corrected chi connectivity index (χ3v) is 14.9. The normalized spacial score (nSPS) is 43.1. The van der Waals surface area contributed by atoms with Crippen LogP contribution in [0.1, 0.15) is 98.7 Å². The van der Waals surface area contributed by atoms with Gasteiger partial charge in [0, 0.05) is 10.8 Å². The van der Waals surface area contributed by atoms with Crippen molar-refractivity contribution in [2.45, 2.75) is 116 Å². The molecule has 7 heteroatoms. The number of fused-ring (bicyclic) bond motifs is 5. The first kappa shape index (κ1) is 31.4. The van der Waals surface area contributed by atoms with E-state index in [0.29, 0.717) is 36.5 Å². The quantitative estimate of drug-likeness (QED) is 0.257. The molecule has 228 valence electrons. The number of allylic oxidation sites excluding steroid dienone is 2. The van der Waals surface area contributed by atoms with Gasteiger partial charge >= 0.3 is 5.97 Å². The number of hydrogen-bond acceptors (Lipinski definition) is 5. The fourth-order valence-electron chi connectivity index (χ4n) is 10.2. The van der Waals surface area contributed by atoms with E-state index in [-0.39, 0.29) is 45.4 Å². The number of hydrogen-bond donors (Lipinski definition) is 3. The fraction of sp³-hybridized carbons (Fsp3) is 0.735. The van der Waals surface area contributed by atoms with Crippen LogP contribution in [0, 0.1) is 39.9 Å². The van der Waals surface area contributed by atoms with Gasteiger partial charge in [0.05, 0.1) is 24.2 Å². The van der Waals surface area contributed by atoms with Crippen molar-refractivity contribution in [1.29, 1.82) is 0 Å². The molecule has 3 N–H and O–H groups in total. The predicted molar refractivity (Wildman–Crippen MR) is 169 cm³/mol. The van der Waals surface area contributed by atoms with Gasteiger partial charge in [-0.1, -0.05) is 49.2 Å². The van der Waals surface area contributed by atoms with Crippen LogP contribution in [0.15, 0.2) is 44.0 Å². The summed E-state index contributed by atoms with van der Waals surface area (Å²) in [5.74, 6) is 1.57. The summed E-state index contributed by atoms with van der Waals surface area (Å²) in [6.45, 7) is 13.5. The molecule has 0 radical (unpaired) electrons.